The second kappa shape index (κ2) is 9.83. The maximum atomic E-state index is 13.2. The number of pyridine rings is 1. The highest BCUT2D eigenvalue weighted by atomic mass is 16.4. The molecule has 0 radical (unpaired) electrons. The van der Waals surface area contributed by atoms with Gasteiger partial charge in [0.15, 0.2) is 5.78 Å². The minimum atomic E-state index is -0.929. The molecular formula is C25H22N6O3. The number of ketones is 1. The number of nitriles is 1. The van der Waals surface area contributed by atoms with Crippen molar-refractivity contribution in [1.29, 1.82) is 5.26 Å². The number of hydrogen-bond acceptors (Lipinski definition) is 7. The van der Waals surface area contributed by atoms with Gasteiger partial charge in [0.2, 0.25) is 0 Å². The second-order valence-corrected chi connectivity index (χ2v) is 7.63. The number of nitrogens with zero attached hydrogens (tertiary/aromatic N) is 4. The molecule has 170 valence electrons. The number of rotatable bonds is 9. The SMILES string of the molecule is Cn1c(CNc2ccc(C#N)cc2)nc2cc(C(=O)c3cccnc3NCCC(=O)O)ccc21. The topological polar surface area (TPSA) is 133 Å². The summed E-state index contributed by atoms with van der Waals surface area (Å²) >= 11 is 0. The summed E-state index contributed by atoms with van der Waals surface area (Å²) in [7, 11) is 1.91. The van der Waals surface area contributed by atoms with E-state index in [1.807, 2.05) is 29.8 Å². The predicted molar refractivity (Wildman–Crippen MR) is 128 cm³/mol. The van der Waals surface area contributed by atoms with Crippen LogP contribution in [0.5, 0.6) is 0 Å². The Morgan fingerprint density at radius 2 is 1.91 bits per heavy atom. The van der Waals surface area contributed by atoms with Crippen LogP contribution in [-0.2, 0) is 18.4 Å². The van der Waals surface area contributed by atoms with Crippen molar-refractivity contribution in [3.8, 4) is 6.07 Å². The Morgan fingerprint density at radius 1 is 1.12 bits per heavy atom. The van der Waals surface area contributed by atoms with E-state index in [9.17, 15) is 9.59 Å². The molecule has 2 aromatic heterocycles. The van der Waals surface area contributed by atoms with E-state index >= 15 is 0 Å². The Bertz CT molecular complexity index is 1400. The summed E-state index contributed by atoms with van der Waals surface area (Å²) in [4.78, 5) is 32.9. The molecule has 0 aliphatic heterocycles. The van der Waals surface area contributed by atoms with Crippen LogP contribution >= 0.6 is 0 Å². The number of nitrogens with one attached hydrogen (secondary N) is 2. The third kappa shape index (κ3) is 4.86. The quantitative estimate of drug-likeness (QED) is 0.327. The van der Waals surface area contributed by atoms with Gasteiger partial charge in [-0.25, -0.2) is 9.97 Å². The maximum absolute atomic E-state index is 13.2. The number of aryl methyl sites for hydroxylation is 1. The first-order valence-corrected chi connectivity index (χ1v) is 10.6. The molecule has 0 unspecified atom stereocenters. The molecule has 0 saturated carbocycles. The van der Waals surface area contributed by atoms with Crippen molar-refractivity contribution in [1.82, 2.24) is 14.5 Å². The lowest BCUT2D eigenvalue weighted by Crippen LogP contribution is -2.13. The van der Waals surface area contributed by atoms with Crippen LogP contribution in [0.3, 0.4) is 0 Å². The number of carboxylic acids is 1. The highest BCUT2D eigenvalue weighted by molar-refractivity contribution is 6.13. The van der Waals surface area contributed by atoms with Crippen molar-refractivity contribution in [2.45, 2.75) is 13.0 Å². The molecule has 0 aliphatic rings. The smallest absolute Gasteiger partial charge is 0.305 e. The zero-order chi connectivity index (χ0) is 24.1. The van der Waals surface area contributed by atoms with Crippen LogP contribution in [0.2, 0.25) is 0 Å². The van der Waals surface area contributed by atoms with Crippen LogP contribution in [0.4, 0.5) is 11.5 Å². The van der Waals surface area contributed by atoms with Crippen LogP contribution in [0.25, 0.3) is 11.0 Å². The largest absolute Gasteiger partial charge is 0.481 e. The highest BCUT2D eigenvalue weighted by Crippen LogP contribution is 2.22. The molecule has 4 aromatic rings. The molecule has 0 amide bonds. The zero-order valence-electron chi connectivity index (χ0n) is 18.4. The van der Waals surface area contributed by atoms with Crippen LogP contribution in [0.1, 0.15) is 33.7 Å². The minimum Gasteiger partial charge on any atom is -0.481 e. The monoisotopic (exact) mass is 454 g/mol. The molecule has 0 saturated heterocycles. The first kappa shape index (κ1) is 22.5. The number of carbonyl (C=O) groups is 2. The van der Waals surface area contributed by atoms with Gasteiger partial charge >= 0.3 is 5.97 Å². The second-order valence-electron chi connectivity index (χ2n) is 7.63. The Balaban J connectivity index is 1.54. The number of imidazole rings is 1. The molecule has 2 aromatic carbocycles. The van der Waals surface area contributed by atoms with Crippen molar-refractivity contribution in [3.05, 3.63) is 83.3 Å². The molecule has 0 aliphatic carbocycles. The summed E-state index contributed by atoms with van der Waals surface area (Å²) in [6.45, 7) is 0.641. The molecule has 0 spiro atoms. The average molecular weight is 454 g/mol. The maximum Gasteiger partial charge on any atom is 0.305 e. The third-order valence-electron chi connectivity index (χ3n) is 5.38. The molecule has 0 bridgehead atoms. The van der Waals surface area contributed by atoms with E-state index in [4.69, 9.17) is 10.4 Å². The van der Waals surface area contributed by atoms with E-state index in [1.165, 1.54) is 0 Å². The van der Waals surface area contributed by atoms with Crippen LogP contribution in [0.15, 0.2) is 60.8 Å². The van der Waals surface area contributed by atoms with Gasteiger partial charge in [-0.2, -0.15) is 5.26 Å². The van der Waals surface area contributed by atoms with Gasteiger partial charge in [0, 0.05) is 31.0 Å². The molecule has 2 heterocycles. The number of fused-ring (bicyclic) bond motifs is 1. The number of aliphatic carboxylic acids is 1. The summed E-state index contributed by atoms with van der Waals surface area (Å²) in [6, 6.07) is 18.0. The molecule has 0 atom stereocenters. The van der Waals surface area contributed by atoms with E-state index < -0.39 is 5.97 Å². The summed E-state index contributed by atoms with van der Waals surface area (Å²) in [6.07, 6.45) is 1.47. The predicted octanol–water partition coefficient (Wildman–Crippen LogP) is 3.57. The lowest BCUT2D eigenvalue weighted by Gasteiger charge is -2.09. The van der Waals surface area contributed by atoms with E-state index in [0.717, 1.165) is 17.0 Å². The minimum absolute atomic E-state index is 0.0800. The number of carbonyl (C=O) groups excluding carboxylic acids is 1. The number of aromatic nitrogens is 3. The summed E-state index contributed by atoms with van der Waals surface area (Å²) in [5, 5.41) is 24.0. The van der Waals surface area contributed by atoms with Gasteiger partial charge in [-0.05, 0) is 54.6 Å². The van der Waals surface area contributed by atoms with Crippen molar-refractivity contribution < 1.29 is 14.7 Å². The van der Waals surface area contributed by atoms with Crippen LogP contribution in [-0.4, -0.2) is 37.9 Å². The fraction of sp³-hybridized carbons (Fsp3) is 0.160. The number of hydrogen-bond donors (Lipinski definition) is 3. The standard InChI is InChI=1S/C25H22N6O3/c1-31-21-9-6-17(24(34)19-3-2-11-27-25(19)28-12-10-23(32)33)13-20(21)30-22(31)15-29-18-7-4-16(14-26)5-8-18/h2-9,11,13,29H,10,12,15H2,1H3,(H,27,28)(H,32,33). The van der Waals surface area contributed by atoms with E-state index in [1.54, 1.807) is 42.6 Å². The number of carboxylic acid groups (broad SMARTS) is 1. The van der Waals surface area contributed by atoms with Crippen molar-refractivity contribution in [3.63, 3.8) is 0 Å². The fourth-order valence-electron chi connectivity index (χ4n) is 3.57. The summed E-state index contributed by atoms with van der Waals surface area (Å²) < 4.78 is 1.96. The molecule has 9 nitrogen and oxygen atoms in total. The number of anilines is 2. The number of benzene rings is 2. The Labute approximate surface area is 195 Å². The zero-order valence-corrected chi connectivity index (χ0v) is 18.4. The Kier molecular flexibility index (Phi) is 6.50. The highest BCUT2D eigenvalue weighted by Gasteiger charge is 2.17. The summed E-state index contributed by atoms with van der Waals surface area (Å²) in [5.41, 5.74) is 3.88. The normalized spacial score (nSPS) is 10.6. The lowest BCUT2D eigenvalue weighted by molar-refractivity contribution is -0.136. The van der Waals surface area contributed by atoms with Gasteiger partial charge in [-0.1, -0.05) is 0 Å². The fourth-order valence-corrected chi connectivity index (χ4v) is 3.57. The van der Waals surface area contributed by atoms with Gasteiger partial charge in [-0.3, -0.25) is 9.59 Å². The van der Waals surface area contributed by atoms with Gasteiger partial charge in [0.05, 0.1) is 41.2 Å². The van der Waals surface area contributed by atoms with E-state index in [0.29, 0.717) is 34.6 Å². The Morgan fingerprint density at radius 3 is 2.65 bits per heavy atom. The van der Waals surface area contributed by atoms with Gasteiger partial charge in [-0.15, -0.1) is 0 Å². The average Bonchev–Trinajstić information content (AvgIpc) is 3.17. The Hall–Kier alpha value is -4.71. The summed E-state index contributed by atoms with van der Waals surface area (Å²) in [5.74, 6) is -0.0133. The molecular weight excluding hydrogens is 432 g/mol. The third-order valence-corrected chi connectivity index (χ3v) is 5.38. The van der Waals surface area contributed by atoms with Crippen molar-refractivity contribution in [2.24, 2.45) is 7.05 Å². The molecule has 3 N–H and O–H groups in total. The van der Waals surface area contributed by atoms with Crippen molar-refractivity contribution >= 4 is 34.3 Å². The molecule has 9 heteroatoms. The van der Waals surface area contributed by atoms with E-state index in [2.05, 4.69) is 26.7 Å². The molecule has 34 heavy (non-hydrogen) atoms. The molecule has 0 fully saturated rings. The van der Waals surface area contributed by atoms with Crippen LogP contribution < -0.4 is 10.6 Å². The lowest BCUT2D eigenvalue weighted by atomic mass is 10.0. The first-order valence-electron chi connectivity index (χ1n) is 10.6. The van der Waals surface area contributed by atoms with Gasteiger partial charge < -0.3 is 20.3 Å². The van der Waals surface area contributed by atoms with Crippen LogP contribution in [0, 0.1) is 11.3 Å². The van der Waals surface area contributed by atoms with Gasteiger partial charge in [0.1, 0.15) is 11.6 Å². The van der Waals surface area contributed by atoms with Gasteiger partial charge in [0.25, 0.3) is 0 Å². The first-order chi connectivity index (χ1) is 16.5. The van der Waals surface area contributed by atoms with Crippen molar-refractivity contribution in [2.75, 3.05) is 17.2 Å². The van der Waals surface area contributed by atoms with E-state index in [-0.39, 0.29) is 18.7 Å². The molecule has 4 rings (SSSR count).